The van der Waals surface area contributed by atoms with Crippen LogP contribution >= 0.6 is 23.2 Å². The van der Waals surface area contributed by atoms with E-state index in [4.69, 9.17) is 23.2 Å². The fourth-order valence-corrected chi connectivity index (χ4v) is 5.91. The summed E-state index contributed by atoms with van der Waals surface area (Å²) in [4.78, 5) is 12.0. The lowest BCUT2D eigenvalue weighted by molar-refractivity contribution is -0.124. The molecule has 5 saturated carbocycles. The Morgan fingerprint density at radius 3 is 1.89 bits per heavy atom. The van der Waals surface area contributed by atoms with E-state index in [1.54, 1.807) is 0 Å². The largest absolute Gasteiger partial charge is 0.355 e. The van der Waals surface area contributed by atoms with Crippen molar-refractivity contribution in [2.45, 2.75) is 49.3 Å². The molecule has 1 atom stereocenters. The van der Waals surface area contributed by atoms with Gasteiger partial charge in [-0.05, 0) is 68.1 Å². The van der Waals surface area contributed by atoms with E-state index < -0.39 is 4.33 Å². The van der Waals surface area contributed by atoms with Crippen molar-refractivity contribution in [2.24, 2.45) is 29.1 Å². The van der Waals surface area contributed by atoms with Crippen LogP contribution in [0.25, 0.3) is 0 Å². The second-order valence-corrected chi connectivity index (χ2v) is 9.20. The lowest BCUT2D eigenvalue weighted by Gasteiger charge is -2.56. The molecule has 0 saturated heterocycles. The van der Waals surface area contributed by atoms with E-state index in [2.05, 4.69) is 5.32 Å². The standard InChI is InChI=1S/C15H21Cl2NO/c16-15(17)7-12(15)13(19)18-8-14-4-9-1-10(5-14)3-11(2-9)6-14/h9-12H,1-8H2,(H,18,19)/t9?,10?,11?,12-,14?/m0/s1. The first-order valence-corrected chi connectivity index (χ1v) is 8.37. The summed E-state index contributed by atoms with van der Waals surface area (Å²) < 4.78 is -0.786. The number of carbonyl (C=O) groups excluding carboxylic acids is 1. The normalized spacial score (nSPS) is 49.2. The molecule has 0 aromatic rings. The van der Waals surface area contributed by atoms with E-state index in [1.165, 1.54) is 38.5 Å². The monoisotopic (exact) mass is 301 g/mol. The zero-order chi connectivity index (χ0) is 13.3. The van der Waals surface area contributed by atoms with Crippen LogP contribution in [-0.4, -0.2) is 16.8 Å². The second kappa shape index (κ2) is 4.04. The van der Waals surface area contributed by atoms with Crippen LogP contribution in [0.2, 0.25) is 0 Å². The highest BCUT2D eigenvalue weighted by molar-refractivity contribution is 6.52. The third kappa shape index (κ3) is 2.19. The van der Waals surface area contributed by atoms with Gasteiger partial charge in [-0.25, -0.2) is 0 Å². The van der Waals surface area contributed by atoms with Crippen LogP contribution in [0.15, 0.2) is 0 Å². The first-order chi connectivity index (χ1) is 8.96. The molecular formula is C15H21Cl2NO. The van der Waals surface area contributed by atoms with Gasteiger partial charge in [0.15, 0.2) is 0 Å². The zero-order valence-corrected chi connectivity index (χ0v) is 12.6. The van der Waals surface area contributed by atoms with E-state index in [0.717, 1.165) is 24.3 Å². The minimum atomic E-state index is -0.786. The molecule has 106 valence electrons. The molecule has 1 N–H and O–H groups in total. The molecule has 0 aromatic heterocycles. The minimum Gasteiger partial charge on any atom is -0.355 e. The fraction of sp³-hybridized carbons (Fsp3) is 0.933. The molecule has 4 bridgehead atoms. The molecule has 0 aromatic carbocycles. The van der Waals surface area contributed by atoms with Gasteiger partial charge < -0.3 is 5.32 Å². The Morgan fingerprint density at radius 2 is 1.47 bits per heavy atom. The summed E-state index contributed by atoms with van der Waals surface area (Å²) in [7, 11) is 0. The van der Waals surface area contributed by atoms with Crippen LogP contribution < -0.4 is 5.32 Å². The number of nitrogens with one attached hydrogen (secondary N) is 1. The van der Waals surface area contributed by atoms with Gasteiger partial charge in [0.25, 0.3) is 0 Å². The molecule has 0 radical (unpaired) electrons. The number of halogens is 2. The van der Waals surface area contributed by atoms with Gasteiger partial charge in [0.05, 0.1) is 5.92 Å². The Balaban J connectivity index is 1.39. The Morgan fingerprint density at radius 1 is 1.00 bits per heavy atom. The third-order valence-corrected chi connectivity index (χ3v) is 6.78. The van der Waals surface area contributed by atoms with Crippen molar-refractivity contribution in [3.05, 3.63) is 0 Å². The van der Waals surface area contributed by atoms with Crippen molar-refractivity contribution < 1.29 is 4.79 Å². The predicted octanol–water partition coefficient (Wildman–Crippen LogP) is 3.51. The van der Waals surface area contributed by atoms with Crippen LogP contribution in [-0.2, 0) is 4.79 Å². The summed E-state index contributed by atoms with van der Waals surface area (Å²) in [5.41, 5.74) is 0.403. The van der Waals surface area contributed by atoms with Gasteiger partial charge >= 0.3 is 0 Å². The van der Waals surface area contributed by atoms with Crippen LogP contribution in [0.3, 0.4) is 0 Å². The van der Waals surface area contributed by atoms with Crippen molar-refractivity contribution in [2.75, 3.05) is 6.54 Å². The number of hydrogen-bond donors (Lipinski definition) is 1. The number of carbonyl (C=O) groups is 1. The lowest BCUT2D eigenvalue weighted by atomic mass is 9.49. The first kappa shape index (κ1) is 12.8. The Labute approximate surface area is 124 Å². The summed E-state index contributed by atoms with van der Waals surface area (Å²) in [6, 6.07) is 0. The maximum atomic E-state index is 12.0. The number of hydrogen-bond acceptors (Lipinski definition) is 1. The zero-order valence-electron chi connectivity index (χ0n) is 11.1. The Bertz CT molecular complexity index is 385. The highest BCUT2D eigenvalue weighted by atomic mass is 35.5. The van der Waals surface area contributed by atoms with Crippen molar-refractivity contribution in [3.63, 3.8) is 0 Å². The van der Waals surface area contributed by atoms with E-state index in [-0.39, 0.29) is 11.8 Å². The van der Waals surface area contributed by atoms with E-state index in [1.807, 2.05) is 0 Å². The highest BCUT2D eigenvalue weighted by Crippen LogP contribution is 2.60. The molecule has 5 aliphatic carbocycles. The van der Waals surface area contributed by atoms with Crippen molar-refractivity contribution in [3.8, 4) is 0 Å². The molecular weight excluding hydrogens is 281 g/mol. The number of amides is 1. The maximum Gasteiger partial charge on any atom is 0.226 e. The minimum absolute atomic E-state index is 0.0701. The molecule has 5 rings (SSSR count). The summed E-state index contributed by atoms with van der Waals surface area (Å²) in [5, 5.41) is 3.15. The SMILES string of the molecule is O=C(NCC12CC3CC(CC(C3)C1)C2)[C@@H]1CC1(Cl)Cl. The van der Waals surface area contributed by atoms with Crippen LogP contribution in [0.5, 0.6) is 0 Å². The van der Waals surface area contributed by atoms with Gasteiger partial charge in [-0.2, -0.15) is 0 Å². The average molecular weight is 302 g/mol. The van der Waals surface area contributed by atoms with Crippen molar-refractivity contribution >= 4 is 29.1 Å². The summed E-state index contributed by atoms with van der Waals surface area (Å²) >= 11 is 11.9. The molecule has 0 unspecified atom stereocenters. The number of rotatable bonds is 3. The van der Waals surface area contributed by atoms with Crippen LogP contribution in [0.1, 0.15) is 44.9 Å². The highest BCUT2D eigenvalue weighted by Gasteiger charge is 2.57. The smallest absolute Gasteiger partial charge is 0.226 e. The summed E-state index contributed by atoms with van der Waals surface area (Å²) in [6.07, 6.45) is 8.94. The lowest BCUT2D eigenvalue weighted by Crippen LogP contribution is -2.51. The quantitative estimate of drug-likeness (QED) is 0.794. The van der Waals surface area contributed by atoms with Gasteiger partial charge in [0, 0.05) is 6.54 Å². The molecule has 5 aliphatic rings. The molecule has 0 aliphatic heterocycles. The fourth-order valence-electron chi connectivity index (χ4n) is 5.40. The Kier molecular flexibility index (Phi) is 2.71. The van der Waals surface area contributed by atoms with E-state index >= 15 is 0 Å². The number of alkyl halides is 2. The van der Waals surface area contributed by atoms with Crippen LogP contribution in [0, 0.1) is 29.1 Å². The molecule has 19 heavy (non-hydrogen) atoms. The molecule has 1 amide bonds. The van der Waals surface area contributed by atoms with Gasteiger partial charge in [-0.1, -0.05) is 0 Å². The van der Waals surface area contributed by atoms with Gasteiger partial charge in [0.2, 0.25) is 5.91 Å². The van der Waals surface area contributed by atoms with E-state index in [9.17, 15) is 4.79 Å². The molecule has 5 fully saturated rings. The van der Waals surface area contributed by atoms with Crippen molar-refractivity contribution in [1.29, 1.82) is 0 Å². The maximum absolute atomic E-state index is 12.0. The molecule has 0 spiro atoms. The summed E-state index contributed by atoms with van der Waals surface area (Å²) in [6.45, 7) is 0.857. The third-order valence-electron chi connectivity index (χ3n) is 5.95. The van der Waals surface area contributed by atoms with Gasteiger partial charge in [0.1, 0.15) is 4.33 Å². The van der Waals surface area contributed by atoms with Crippen LogP contribution in [0.4, 0.5) is 0 Å². The Hall–Kier alpha value is 0.0500. The molecule has 4 heteroatoms. The summed E-state index contributed by atoms with van der Waals surface area (Å²) in [5.74, 6) is 2.70. The van der Waals surface area contributed by atoms with Crippen molar-refractivity contribution in [1.82, 2.24) is 5.32 Å². The molecule has 2 nitrogen and oxygen atoms in total. The molecule has 0 heterocycles. The van der Waals surface area contributed by atoms with Gasteiger partial charge in [-0.3, -0.25) is 4.79 Å². The van der Waals surface area contributed by atoms with Gasteiger partial charge in [-0.15, -0.1) is 23.2 Å². The van der Waals surface area contributed by atoms with E-state index in [0.29, 0.717) is 11.8 Å². The first-order valence-electron chi connectivity index (χ1n) is 7.61. The second-order valence-electron chi connectivity index (χ2n) is 7.65. The average Bonchev–Trinajstić information content (AvgIpc) is 2.94. The topological polar surface area (TPSA) is 29.1 Å². The predicted molar refractivity (Wildman–Crippen MR) is 76.2 cm³/mol.